The Morgan fingerprint density at radius 2 is 0.707 bits per heavy atom. The number of nitrogens with one attached hydrogen (secondary N) is 2. The van der Waals surface area contributed by atoms with Gasteiger partial charge in [0, 0.05) is 106 Å². The topological polar surface area (TPSA) is 269 Å². The molecule has 790 valence electrons. The summed E-state index contributed by atoms with van der Waals surface area (Å²) in [5, 5.41) is 21.7. The van der Waals surface area contributed by atoms with Crippen molar-refractivity contribution in [1.29, 1.82) is 0 Å². The number of hydrogen-bond acceptors (Lipinski definition) is 21. The summed E-state index contributed by atoms with van der Waals surface area (Å²) in [5.74, 6) is -2.13. The van der Waals surface area contributed by atoms with Crippen molar-refractivity contribution in [3.05, 3.63) is 241 Å². The van der Waals surface area contributed by atoms with E-state index in [2.05, 4.69) is 87.6 Å². The number of ether oxygens (including phenoxy) is 2. The number of hydrogen-bond donors (Lipinski definition) is 3. The quantitative estimate of drug-likeness (QED) is 0.0721. The number of amidine groups is 3. The highest BCUT2D eigenvalue weighted by molar-refractivity contribution is 8.18. The third-order valence-corrected chi connectivity index (χ3v) is 34.3. The van der Waals surface area contributed by atoms with Gasteiger partial charge < -0.3 is 74.2 Å². The number of carboxylic acids is 1. The van der Waals surface area contributed by atoms with Gasteiger partial charge >= 0.3 is 18.2 Å². The normalized spacial score (nSPS) is 28.2. The molecule has 18 rings (SSSR count). The maximum Gasteiger partial charge on any atom is 0.410 e. The van der Waals surface area contributed by atoms with Crippen LogP contribution in [0.15, 0.2) is 192 Å². The van der Waals surface area contributed by atoms with Gasteiger partial charge in [-0.15, -0.1) is 0 Å². The van der Waals surface area contributed by atoms with Gasteiger partial charge in [-0.1, -0.05) is 184 Å². The van der Waals surface area contributed by atoms with Gasteiger partial charge in [0.15, 0.2) is 15.5 Å². The molecule has 0 aliphatic carbocycles. The fourth-order valence-electron chi connectivity index (χ4n) is 22.1. The van der Waals surface area contributed by atoms with Gasteiger partial charge in [0.1, 0.15) is 79.2 Å². The van der Waals surface area contributed by atoms with E-state index in [1.165, 1.54) is 57.0 Å². The van der Waals surface area contributed by atoms with Crippen LogP contribution in [0, 0.1) is 17.8 Å². The monoisotopic (exact) mass is 2190 g/mol. The van der Waals surface area contributed by atoms with Crippen LogP contribution >= 0.6 is 105 Å². The van der Waals surface area contributed by atoms with Crippen molar-refractivity contribution in [3.63, 3.8) is 0 Å². The first-order chi connectivity index (χ1) is 69.2. The Kier molecular flexibility index (Phi) is 34.0. The molecule has 6 fully saturated rings. The molecular weight excluding hydrogens is 2060 g/mol. The zero-order valence-electron chi connectivity index (χ0n) is 86.7. The molecule has 0 saturated carbocycles. The molecule has 147 heavy (non-hydrogen) atoms. The zero-order chi connectivity index (χ0) is 107. The van der Waals surface area contributed by atoms with Crippen molar-refractivity contribution in [2.24, 2.45) is 32.7 Å². The maximum absolute atomic E-state index is 15.4. The number of carboxylic acid groups (broad SMARTS) is 1. The number of halogens is 9. The lowest BCUT2D eigenvalue weighted by atomic mass is 9.81. The van der Waals surface area contributed by atoms with Gasteiger partial charge in [0.25, 0.3) is 17.7 Å². The number of thioether (sulfide) groups is 3. The Labute approximate surface area is 903 Å². The molecule has 26 nitrogen and oxygen atoms in total. The lowest BCUT2D eigenvalue weighted by Gasteiger charge is -2.37. The van der Waals surface area contributed by atoms with E-state index in [-0.39, 0.29) is 103 Å². The molecule has 6 saturated heterocycles. The van der Waals surface area contributed by atoms with E-state index < -0.39 is 101 Å². The minimum atomic E-state index is -1.44. The first-order valence-electron chi connectivity index (χ1n) is 50.2. The van der Waals surface area contributed by atoms with E-state index in [9.17, 15) is 52.2 Å². The highest BCUT2D eigenvalue weighted by Crippen LogP contribution is 2.61. The number of rotatable bonds is 18. The van der Waals surface area contributed by atoms with Gasteiger partial charge in [-0.2, -0.15) is 0 Å². The van der Waals surface area contributed by atoms with Crippen LogP contribution in [0.5, 0.6) is 0 Å². The number of benzene rings is 6. The standard InChI is InChI=1S/C38H46Cl2FN5O4S.C33H38Cl2FN5O2S.C28H29Cl2N3O3S.C10H19FN2O2/c1-21(2)30-31(51-35-42-38(7,24-12-16-26(40)17-13-24)32(46(30)35)23-10-14-25(39)15-11-23)34(48)45-22(3)9-18-28(45)33(47)44-19-27(41)29(20-44)43(8)36(49)50-37(4,5)6;1-18(2)27-28(31(43)40-19(3)6-15-26(40)30(42)39-16-24(36)25(17-39)37-5)44-32-38-33(4,21-9-13-23(35)14-10-21)29(41(27)32)20-7-11-22(34)12-8-20;1-15(2)22-23(25(34)32-16(3)5-14-21(32)26(35)36)37-27-31-28(4,18-8-12-20(30)13-9-18)24(33(22)27)17-6-10-19(29)11-7-17;1-10(2,3)15-9(14)13(4)8-6-12-5-7(8)11/h10-17,21-22,27-29,32H,9,18-20H2,1-8H3;7-14,18-19,24-26,29,37H,6,15-17H2,1-5H3;6-13,15-16,21,24H,5,14H2,1-4H3,(H,35,36);7-8,12H,5-6H2,1-4H3/t22-,27?,28+,29?,32-,38+;19-,24?,25?,26+,29-,33+;16-,21+,24-,28+;/m111./s1. The molecule has 0 radical (unpaired) electrons. The lowest BCUT2D eigenvalue weighted by Crippen LogP contribution is -2.50. The van der Waals surface area contributed by atoms with E-state index in [4.69, 9.17) is 94.1 Å². The average molecular weight is 2190 g/mol. The average Bonchev–Trinajstić information content (AvgIpc) is 1.56. The first kappa shape index (κ1) is 112. The number of amides is 7. The molecule has 3 N–H and O–H groups in total. The van der Waals surface area contributed by atoms with E-state index in [0.29, 0.717) is 108 Å². The summed E-state index contributed by atoms with van der Waals surface area (Å²) in [6.07, 6.45) is -1.19. The zero-order valence-corrected chi connectivity index (χ0v) is 93.7. The highest BCUT2D eigenvalue weighted by atomic mass is 35.5. The second kappa shape index (κ2) is 44.6. The van der Waals surface area contributed by atoms with E-state index in [1.54, 1.807) is 75.2 Å². The van der Waals surface area contributed by atoms with Crippen LogP contribution in [0.3, 0.4) is 0 Å². The minimum absolute atomic E-state index is 0.00250. The van der Waals surface area contributed by atoms with Crippen molar-refractivity contribution in [2.75, 3.05) is 60.4 Å². The fraction of sp³-hybridized carbons (Fsp3) is 0.514. The van der Waals surface area contributed by atoms with Crippen LogP contribution in [0.4, 0.5) is 22.8 Å². The third-order valence-electron chi connectivity index (χ3n) is 29.6. The summed E-state index contributed by atoms with van der Waals surface area (Å²) in [6.45, 7) is 36.2. The predicted octanol–water partition coefficient (Wildman–Crippen LogP) is 22.3. The summed E-state index contributed by atoms with van der Waals surface area (Å²) in [6, 6.07) is 41.4. The number of aliphatic carboxylic acids is 1. The molecule has 0 spiro atoms. The number of alkyl halides is 3. The van der Waals surface area contributed by atoms with Gasteiger partial charge in [0.2, 0.25) is 11.8 Å². The number of nitrogens with zero attached hydrogens (tertiary/aromatic N) is 13. The third kappa shape index (κ3) is 22.7. The molecule has 0 aromatic heterocycles. The van der Waals surface area contributed by atoms with Gasteiger partial charge in [0.05, 0.1) is 49.3 Å². The summed E-state index contributed by atoms with van der Waals surface area (Å²) in [5.41, 5.74) is 5.33. The second-order valence-corrected chi connectivity index (χ2v) is 48.8. The second-order valence-electron chi connectivity index (χ2n) is 43.2. The van der Waals surface area contributed by atoms with Crippen LogP contribution in [-0.2, 0) is 54.9 Å². The molecule has 7 amide bonds. The molecular formula is C109H132Cl6F3N15O11S3. The summed E-state index contributed by atoms with van der Waals surface area (Å²) in [7, 11) is 4.77. The van der Waals surface area contributed by atoms with Crippen LogP contribution in [0.25, 0.3) is 0 Å². The van der Waals surface area contributed by atoms with Gasteiger partial charge in [-0.05, 0) is 288 Å². The number of allylic oxidation sites excluding steroid dienone is 3. The van der Waals surface area contributed by atoms with Crippen LogP contribution in [0.2, 0.25) is 30.1 Å². The van der Waals surface area contributed by atoms with Crippen molar-refractivity contribution in [3.8, 4) is 0 Å². The molecule has 12 heterocycles. The van der Waals surface area contributed by atoms with E-state index in [0.717, 1.165) is 60.8 Å². The fourth-order valence-corrected chi connectivity index (χ4v) is 26.9. The molecule has 12 aliphatic heterocycles. The van der Waals surface area contributed by atoms with Crippen molar-refractivity contribution in [1.82, 2.24) is 59.6 Å². The smallest absolute Gasteiger partial charge is 0.410 e. The lowest BCUT2D eigenvalue weighted by molar-refractivity contribution is -0.147. The van der Waals surface area contributed by atoms with Crippen LogP contribution in [0.1, 0.15) is 215 Å². The van der Waals surface area contributed by atoms with Crippen molar-refractivity contribution in [2.45, 2.75) is 282 Å². The first-order valence-corrected chi connectivity index (χ1v) is 54.9. The Morgan fingerprint density at radius 1 is 0.422 bits per heavy atom. The Bertz CT molecular complexity index is 6180. The number of likely N-dealkylation sites (N-methyl/N-ethyl adjacent to an activating group) is 3. The van der Waals surface area contributed by atoms with Crippen LogP contribution < -0.4 is 10.6 Å². The molecule has 6 aromatic rings. The largest absolute Gasteiger partial charge is 0.480 e. The number of aliphatic imine (C=N–C) groups is 3. The molecule has 18 atom stereocenters. The molecule has 6 aromatic carbocycles. The minimum Gasteiger partial charge on any atom is -0.480 e. The van der Waals surface area contributed by atoms with Gasteiger partial charge in [-0.25, -0.2) is 42.5 Å². The number of carbonyl (C=O) groups is 8. The van der Waals surface area contributed by atoms with E-state index in [1.807, 2.05) is 166 Å². The van der Waals surface area contributed by atoms with Crippen molar-refractivity contribution >= 4 is 168 Å². The van der Waals surface area contributed by atoms with E-state index >= 15 is 4.39 Å². The molecule has 0 bridgehead atoms. The Balaban J connectivity index is 0.000000156. The maximum atomic E-state index is 15.4. The molecule has 38 heteroatoms. The summed E-state index contributed by atoms with van der Waals surface area (Å²) >= 11 is 41.7. The molecule has 12 aliphatic rings. The summed E-state index contributed by atoms with van der Waals surface area (Å²) in [4.78, 5) is 142. The summed E-state index contributed by atoms with van der Waals surface area (Å²) < 4.78 is 53.9. The number of likely N-dealkylation sites (tertiary alicyclic amines) is 5. The van der Waals surface area contributed by atoms with Crippen LogP contribution in [-0.4, -0.2) is 262 Å². The highest BCUT2D eigenvalue weighted by Gasteiger charge is 2.60. The Hall–Kier alpha value is -9.19. The SMILES string of the molecule is CC(C)C1=C(C(=O)N2[C@H](C)CC[C@H]2C(=O)N2CC(F)C(N(C)C(=O)OC(C)(C)C)C2)SC2=N[C@@](C)(c3ccc(Cl)cc3)[C@@H](c3ccc(Cl)cc3)N21.CC(C)C1=C(C(=O)N2[C@H](C)CC[C@H]2C(=O)O)SC2=N[C@@](C)(c3ccc(Cl)cc3)[C@@H](c3ccc(Cl)cc3)N21.CN(C(=O)OC(C)(C)C)C1CNCC1F.CNC1CN(C(=O)[C@@H]2CC[C@@H](C)N2C(=O)C2=C(C(C)C)N3C(=N[C@@](C)(c4ccc(Cl)cc4)[C@H]3c3ccc(Cl)cc3)S2)CC1F. The predicted molar refractivity (Wildman–Crippen MR) is 580 cm³/mol. The van der Waals surface area contributed by atoms with Gasteiger partial charge in [-0.3, -0.25) is 24.0 Å². The van der Waals surface area contributed by atoms with Crippen molar-refractivity contribution < 1.29 is 66.1 Å². The number of fused-ring (bicyclic) bond motifs is 3. The Morgan fingerprint density at radius 3 is 0.986 bits per heavy atom. The number of carbonyl (C=O) groups excluding carboxylic acids is 7. The molecule has 6 unspecified atom stereocenters.